The molecule has 0 aromatic carbocycles. The van der Waals surface area contributed by atoms with Gasteiger partial charge in [-0.3, -0.25) is 4.79 Å². The zero-order valence-electron chi connectivity index (χ0n) is 6.81. The van der Waals surface area contributed by atoms with Crippen LogP contribution in [0, 0.1) is 0 Å². The summed E-state index contributed by atoms with van der Waals surface area (Å²) < 4.78 is 0. The van der Waals surface area contributed by atoms with Crippen molar-refractivity contribution < 1.29 is 19.8 Å². The number of hydrogen-bond acceptors (Lipinski definition) is 3. The van der Waals surface area contributed by atoms with E-state index in [2.05, 4.69) is 15.9 Å². The smallest absolute Gasteiger partial charge is 0.326 e. The molecule has 0 aliphatic carbocycles. The molecule has 6 heteroatoms. The maximum Gasteiger partial charge on any atom is 0.326 e. The number of aliphatic hydroxyl groups is 1. The van der Waals surface area contributed by atoms with Gasteiger partial charge in [0.15, 0.2) is 0 Å². The molecule has 1 fully saturated rings. The minimum atomic E-state index is -1.06. The van der Waals surface area contributed by atoms with Crippen molar-refractivity contribution in [3.8, 4) is 0 Å². The largest absolute Gasteiger partial charge is 0.480 e. The fraction of sp³-hybridized carbons (Fsp3) is 0.714. The molecule has 0 saturated carbocycles. The van der Waals surface area contributed by atoms with Crippen LogP contribution in [-0.4, -0.2) is 51.0 Å². The average Bonchev–Trinajstić information content (AvgIpc) is 2.46. The Morgan fingerprint density at radius 1 is 1.54 bits per heavy atom. The van der Waals surface area contributed by atoms with Crippen molar-refractivity contribution in [2.24, 2.45) is 0 Å². The van der Waals surface area contributed by atoms with Crippen LogP contribution in [0.15, 0.2) is 0 Å². The van der Waals surface area contributed by atoms with Crippen LogP contribution in [0.3, 0.4) is 0 Å². The lowest BCUT2D eigenvalue weighted by Gasteiger charge is -2.19. The number of carboxylic acid groups (broad SMARTS) is 1. The second-order valence-electron chi connectivity index (χ2n) is 2.92. The number of amides is 1. The molecule has 0 aromatic rings. The summed E-state index contributed by atoms with van der Waals surface area (Å²) in [4.78, 5) is 23.0. The summed E-state index contributed by atoms with van der Waals surface area (Å²) in [5, 5.41) is 18.0. The lowest BCUT2D eigenvalue weighted by molar-refractivity contribution is -0.147. The van der Waals surface area contributed by atoms with Crippen LogP contribution in [0.4, 0.5) is 0 Å². The van der Waals surface area contributed by atoms with Gasteiger partial charge in [0, 0.05) is 13.0 Å². The van der Waals surface area contributed by atoms with Gasteiger partial charge in [0.25, 0.3) is 0 Å². The molecular weight excluding hydrogens is 242 g/mol. The molecule has 0 spiro atoms. The number of carboxylic acids is 1. The summed E-state index contributed by atoms with van der Waals surface area (Å²) >= 11 is 2.96. The lowest BCUT2D eigenvalue weighted by atomic mass is 10.2. The third-order valence-electron chi connectivity index (χ3n) is 2.00. The molecule has 1 saturated heterocycles. The van der Waals surface area contributed by atoms with Crippen molar-refractivity contribution in [1.82, 2.24) is 4.90 Å². The van der Waals surface area contributed by atoms with Gasteiger partial charge in [0.2, 0.25) is 5.91 Å². The van der Waals surface area contributed by atoms with E-state index in [1.54, 1.807) is 0 Å². The van der Waals surface area contributed by atoms with Crippen LogP contribution in [0.5, 0.6) is 0 Å². The van der Waals surface area contributed by atoms with Crippen LogP contribution in [-0.2, 0) is 9.59 Å². The predicted molar refractivity (Wildman–Crippen MR) is 47.6 cm³/mol. The van der Waals surface area contributed by atoms with Gasteiger partial charge >= 0.3 is 5.97 Å². The van der Waals surface area contributed by atoms with Gasteiger partial charge in [0.05, 0.1) is 11.4 Å². The molecule has 74 valence electrons. The van der Waals surface area contributed by atoms with E-state index in [4.69, 9.17) is 5.11 Å². The molecule has 13 heavy (non-hydrogen) atoms. The van der Waals surface area contributed by atoms with Crippen LogP contribution in [0.25, 0.3) is 0 Å². The van der Waals surface area contributed by atoms with Crippen molar-refractivity contribution in [2.75, 3.05) is 11.9 Å². The highest BCUT2D eigenvalue weighted by atomic mass is 79.9. The lowest BCUT2D eigenvalue weighted by Crippen LogP contribution is -2.41. The first-order valence-corrected chi connectivity index (χ1v) is 4.94. The van der Waals surface area contributed by atoms with Gasteiger partial charge in [-0.25, -0.2) is 4.79 Å². The van der Waals surface area contributed by atoms with Crippen LogP contribution >= 0.6 is 15.9 Å². The Bertz CT molecular complexity index is 233. The number of aliphatic carboxylic acids is 1. The fourth-order valence-electron chi connectivity index (χ4n) is 1.40. The Kier molecular flexibility index (Phi) is 3.27. The third kappa shape index (κ3) is 2.19. The van der Waals surface area contributed by atoms with Gasteiger partial charge in [-0.2, -0.15) is 0 Å². The minimum Gasteiger partial charge on any atom is -0.480 e. The Morgan fingerprint density at radius 2 is 2.15 bits per heavy atom. The highest BCUT2D eigenvalue weighted by Crippen LogP contribution is 2.18. The zero-order valence-corrected chi connectivity index (χ0v) is 8.40. The number of aliphatic hydroxyl groups excluding tert-OH is 1. The van der Waals surface area contributed by atoms with Crippen molar-refractivity contribution in [2.45, 2.75) is 18.6 Å². The first-order valence-electron chi connectivity index (χ1n) is 3.82. The van der Waals surface area contributed by atoms with Gasteiger partial charge in [-0.15, -0.1) is 0 Å². The van der Waals surface area contributed by atoms with E-state index in [9.17, 15) is 14.7 Å². The molecule has 1 rings (SSSR count). The van der Waals surface area contributed by atoms with E-state index in [0.717, 1.165) is 0 Å². The summed E-state index contributed by atoms with van der Waals surface area (Å²) in [6, 6.07) is -0.875. The predicted octanol–water partition coefficient (Wildman–Crippen LogP) is -0.572. The van der Waals surface area contributed by atoms with E-state index in [0.29, 0.717) is 0 Å². The standard InChI is InChI=1S/C7H10BrNO4/c8-2-6(11)9-3-4(10)1-5(9)7(12)13/h4-5,10H,1-3H2,(H,12,13)/t4-,5-/m0/s1. The Morgan fingerprint density at radius 3 is 2.62 bits per heavy atom. The van der Waals surface area contributed by atoms with E-state index in [-0.39, 0.29) is 24.2 Å². The summed E-state index contributed by atoms with van der Waals surface area (Å²) in [7, 11) is 0. The van der Waals surface area contributed by atoms with Gasteiger partial charge in [-0.05, 0) is 0 Å². The van der Waals surface area contributed by atoms with Crippen molar-refractivity contribution in [1.29, 1.82) is 0 Å². The highest BCUT2D eigenvalue weighted by Gasteiger charge is 2.38. The molecule has 1 amide bonds. The Balaban J connectivity index is 2.71. The number of carbonyl (C=O) groups is 2. The Hall–Kier alpha value is -0.620. The van der Waals surface area contributed by atoms with E-state index < -0.39 is 18.1 Å². The summed E-state index contributed by atoms with van der Waals surface area (Å²) in [6.45, 7) is 0.113. The number of halogens is 1. The quantitative estimate of drug-likeness (QED) is 0.645. The first kappa shape index (κ1) is 10.5. The van der Waals surface area contributed by atoms with Gasteiger partial charge in [0.1, 0.15) is 6.04 Å². The average molecular weight is 252 g/mol. The van der Waals surface area contributed by atoms with Crippen molar-refractivity contribution in [3.05, 3.63) is 0 Å². The monoisotopic (exact) mass is 251 g/mol. The number of β-amino-alcohol motifs (C(OH)–C–C–N with tert-alkyl or cyclic N) is 1. The number of hydrogen-bond donors (Lipinski definition) is 2. The minimum absolute atomic E-state index is 0.0868. The zero-order chi connectivity index (χ0) is 10.0. The fourth-order valence-corrected chi connectivity index (χ4v) is 1.72. The summed E-state index contributed by atoms with van der Waals surface area (Å²) in [5.41, 5.74) is 0. The van der Waals surface area contributed by atoms with Crippen LogP contribution in [0.1, 0.15) is 6.42 Å². The summed E-state index contributed by atoms with van der Waals surface area (Å²) in [5.74, 6) is -1.37. The molecule has 1 aliphatic rings. The van der Waals surface area contributed by atoms with E-state index >= 15 is 0 Å². The van der Waals surface area contributed by atoms with Gasteiger partial charge < -0.3 is 15.1 Å². The van der Waals surface area contributed by atoms with Crippen LogP contribution in [0.2, 0.25) is 0 Å². The second kappa shape index (κ2) is 4.06. The molecule has 2 N–H and O–H groups in total. The number of rotatable bonds is 2. The maximum atomic E-state index is 11.2. The molecule has 0 bridgehead atoms. The molecule has 0 aromatic heterocycles. The molecule has 0 radical (unpaired) electrons. The van der Waals surface area contributed by atoms with E-state index in [1.165, 1.54) is 4.90 Å². The number of carbonyl (C=O) groups excluding carboxylic acids is 1. The molecule has 1 heterocycles. The summed E-state index contributed by atoms with van der Waals surface area (Å²) in [6.07, 6.45) is -0.599. The normalized spacial score (nSPS) is 27.7. The second-order valence-corrected chi connectivity index (χ2v) is 3.48. The molecule has 0 unspecified atom stereocenters. The number of likely N-dealkylation sites (tertiary alicyclic amines) is 1. The topological polar surface area (TPSA) is 77.8 Å². The van der Waals surface area contributed by atoms with Crippen LogP contribution < -0.4 is 0 Å². The third-order valence-corrected chi connectivity index (χ3v) is 2.48. The highest BCUT2D eigenvalue weighted by molar-refractivity contribution is 9.09. The molecule has 1 aliphatic heterocycles. The maximum absolute atomic E-state index is 11.2. The Labute approximate surface area is 83.5 Å². The van der Waals surface area contributed by atoms with E-state index in [1.807, 2.05) is 0 Å². The van der Waals surface area contributed by atoms with Crippen molar-refractivity contribution >= 4 is 27.8 Å². The number of nitrogens with zero attached hydrogens (tertiary/aromatic N) is 1. The number of alkyl halides is 1. The molecule has 2 atom stereocenters. The molecule has 5 nitrogen and oxygen atoms in total. The molecular formula is C7H10BrNO4. The first-order chi connectivity index (χ1) is 6.06. The van der Waals surface area contributed by atoms with Gasteiger partial charge in [-0.1, -0.05) is 15.9 Å². The SMILES string of the molecule is O=C(O)[C@@H]1C[C@H](O)CN1C(=O)CBr. The van der Waals surface area contributed by atoms with Crippen molar-refractivity contribution in [3.63, 3.8) is 0 Å².